The minimum absolute atomic E-state index is 0.0185. The molecule has 1 aromatic rings. The van der Waals surface area contributed by atoms with E-state index >= 15 is 0 Å². The Labute approximate surface area is 183 Å². The molecule has 1 aliphatic rings. The topological polar surface area (TPSA) is 111 Å². The van der Waals surface area contributed by atoms with Crippen molar-refractivity contribution in [3.8, 4) is 0 Å². The molecule has 1 unspecified atom stereocenters. The van der Waals surface area contributed by atoms with E-state index in [0.29, 0.717) is 13.2 Å². The van der Waals surface area contributed by atoms with Crippen LogP contribution in [0.5, 0.6) is 0 Å². The molecule has 170 valence electrons. The van der Waals surface area contributed by atoms with E-state index in [1.807, 2.05) is 49.4 Å². The van der Waals surface area contributed by atoms with Crippen LogP contribution in [0.25, 0.3) is 0 Å². The summed E-state index contributed by atoms with van der Waals surface area (Å²) < 4.78 is 14.6. The van der Waals surface area contributed by atoms with Crippen molar-refractivity contribution in [2.45, 2.75) is 45.9 Å². The number of carbonyl (C=O) groups excluding carboxylic acids is 3. The Balaban J connectivity index is 0.000000311. The Morgan fingerprint density at radius 2 is 1.84 bits per heavy atom. The lowest BCUT2D eigenvalue weighted by Crippen LogP contribution is -2.45. The maximum atomic E-state index is 11.7. The molecule has 2 N–H and O–H groups in total. The molecule has 0 saturated heterocycles. The minimum Gasteiger partial charge on any atom is -0.445 e. The number of benzene rings is 1. The molecule has 9 heteroatoms. The molecule has 0 aliphatic carbocycles. The quantitative estimate of drug-likeness (QED) is 0.251. The van der Waals surface area contributed by atoms with Gasteiger partial charge in [-0.25, -0.2) is 20.2 Å². The van der Waals surface area contributed by atoms with Gasteiger partial charge in [-0.3, -0.25) is 4.90 Å². The van der Waals surface area contributed by atoms with Crippen LogP contribution in [0.15, 0.2) is 55.1 Å². The van der Waals surface area contributed by atoms with Gasteiger partial charge in [0.15, 0.2) is 0 Å². The molecule has 1 aliphatic heterocycles. The van der Waals surface area contributed by atoms with E-state index in [1.165, 1.54) is 6.08 Å². The summed E-state index contributed by atoms with van der Waals surface area (Å²) in [6, 6.07) is 9.84. The molecular weight excluding hydrogens is 402 g/mol. The van der Waals surface area contributed by atoms with E-state index in [2.05, 4.69) is 11.3 Å². The molecule has 0 aromatic heterocycles. The molecule has 1 atom stereocenters. The van der Waals surface area contributed by atoms with Crippen molar-refractivity contribution in [2.24, 2.45) is 5.84 Å². The van der Waals surface area contributed by atoms with Gasteiger partial charge >= 0.3 is 18.3 Å². The molecule has 1 aromatic carbocycles. The highest BCUT2D eigenvalue weighted by molar-refractivity contribution is 5.86. The molecule has 9 nitrogen and oxygen atoms in total. The Morgan fingerprint density at radius 1 is 1.19 bits per heavy atom. The van der Waals surface area contributed by atoms with Crippen molar-refractivity contribution in [1.82, 2.24) is 9.91 Å². The highest BCUT2D eigenvalue weighted by Crippen LogP contribution is 2.12. The molecule has 0 spiro atoms. The van der Waals surface area contributed by atoms with Gasteiger partial charge in [-0.15, -0.1) is 5.01 Å². The summed E-state index contributed by atoms with van der Waals surface area (Å²) in [6.45, 7) is 11.3. The minimum atomic E-state index is -0.982. The van der Waals surface area contributed by atoms with E-state index in [9.17, 15) is 14.4 Å². The Morgan fingerprint density at radius 3 is 2.35 bits per heavy atom. The van der Waals surface area contributed by atoms with Crippen molar-refractivity contribution >= 4 is 18.3 Å². The third kappa shape index (κ3) is 9.81. The zero-order valence-corrected chi connectivity index (χ0v) is 18.4. The number of imide groups is 1. The fourth-order valence-electron chi connectivity index (χ4n) is 2.27. The summed E-state index contributed by atoms with van der Waals surface area (Å²) in [4.78, 5) is 35.7. The third-order valence-corrected chi connectivity index (χ3v) is 3.76. The first-order valence-corrected chi connectivity index (χ1v) is 9.74. The monoisotopic (exact) mass is 433 g/mol. The second kappa shape index (κ2) is 12.4. The first-order chi connectivity index (χ1) is 14.5. The van der Waals surface area contributed by atoms with E-state index in [-0.39, 0.29) is 23.8 Å². The molecule has 0 radical (unpaired) electrons. The highest BCUT2D eigenvalue weighted by atomic mass is 16.6. The van der Waals surface area contributed by atoms with Gasteiger partial charge in [0.25, 0.3) is 0 Å². The van der Waals surface area contributed by atoms with Crippen molar-refractivity contribution in [1.29, 1.82) is 0 Å². The van der Waals surface area contributed by atoms with Crippen LogP contribution in [0.3, 0.4) is 0 Å². The van der Waals surface area contributed by atoms with Gasteiger partial charge in [0, 0.05) is 6.54 Å². The molecule has 0 fully saturated rings. The Kier molecular flexibility index (Phi) is 10.3. The third-order valence-electron chi connectivity index (χ3n) is 3.76. The predicted octanol–water partition coefficient (Wildman–Crippen LogP) is 4.00. The van der Waals surface area contributed by atoms with Crippen LogP contribution < -0.4 is 5.84 Å². The lowest BCUT2D eigenvalue weighted by atomic mass is 10.2. The molecular formula is C22H31N3O6. The molecule has 31 heavy (non-hydrogen) atoms. The van der Waals surface area contributed by atoms with Crippen LogP contribution in [0.2, 0.25) is 0 Å². The number of hydrogen-bond acceptors (Lipinski definition) is 7. The van der Waals surface area contributed by atoms with Gasteiger partial charge < -0.3 is 14.2 Å². The number of nitrogens with two attached hydrogens (primary N) is 1. The van der Waals surface area contributed by atoms with Crippen LogP contribution in [-0.4, -0.2) is 53.0 Å². The van der Waals surface area contributed by atoms with Crippen molar-refractivity contribution in [3.63, 3.8) is 0 Å². The van der Waals surface area contributed by atoms with E-state index < -0.39 is 17.8 Å². The van der Waals surface area contributed by atoms with Gasteiger partial charge in [-0.1, -0.05) is 55.1 Å². The predicted molar refractivity (Wildman–Crippen MR) is 116 cm³/mol. The average molecular weight is 434 g/mol. The number of amides is 3. The highest BCUT2D eigenvalue weighted by Gasteiger charge is 2.25. The summed E-state index contributed by atoms with van der Waals surface area (Å²) in [6.07, 6.45) is 3.15. The van der Waals surface area contributed by atoms with Crippen LogP contribution in [0, 0.1) is 0 Å². The second-order valence-corrected chi connectivity index (χ2v) is 7.58. The molecule has 0 bridgehead atoms. The zero-order chi connectivity index (χ0) is 23.4. The summed E-state index contributed by atoms with van der Waals surface area (Å²) >= 11 is 0. The summed E-state index contributed by atoms with van der Waals surface area (Å²) in [7, 11) is 0. The van der Waals surface area contributed by atoms with Crippen LogP contribution in [0.4, 0.5) is 14.4 Å². The molecule has 3 amide bonds. The summed E-state index contributed by atoms with van der Waals surface area (Å²) in [5.41, 5.74) is 0.295. The maximum Gasteiger partial charge on any atom is 0.434 e. The van der Waals surface area contributed by atoms with Crippen LogP contribution in [0.1, 0.15) is 33.3 Å². The first kappa shape index (κ1) is 25.7. The van der Waals surface area contributed by atoms with Gasteiger partial charge in [0.05, 0.1) is 6.04 Å². The smallest absolute Gasteiger partial charge is 0.434 e. The first-order valence-electron chi connectivity index (χ1n) is 9.74. The lowest BCUT2D eigenvalue weighted by molar-refractivity contribution is 0.0230. The number of hydrogen-bond donors (Lipinski definition) is 1. The summed E-state index contributed by atoms with van der Waals surface area (Å²) in [5.74, 6) is 5.16. The number of ether oxygens (including phenoxy) is 3. The van der Waals surface area contributed by atoms with Crippen molar-refractivity contribution < 1.29 is 28.6 Å². The Hall–Kier alpha value is -3.33. The van der Waals surface area contributed by atoms with E-state index in [1.54, 1.807) is 25.7 Å². The van der Waals surface area contributed by atoms with Gasteiger partial charge in [-0.05, 0) is 33.3 Å². The van der Waals surface area contributed by atoms with E-state index in [4.69, 9.17) is 15.3 Å². The molecule has 1 heterocycles. The normalized spacial score (nSPS) is 14.7. The van der Waals surface area contributed by atoms with Crippen molar-refractivity contribution in [3.05, 3.63) is 60.7 Å². The number of rotatable bonds is 4. The number of hydrazine groups is 1. The maximum absolute atomic E-state index is 11.7. The fraction of sp³-hybridized carbons (Fsp3) is 0.409. The summed E-state index contributed by atoms with van der Waals surface area (Å²) in [5, 5.41) is 0.273. The van der Waals surface area contributed by atoms with Crippen molar-refractivity contribution in [2.75, 3.05) is 13.2 Å². The molecule has 2 rings (SSSR count). The molecule has 0 saturated carbocycles. The van der Waals surface area contributed by atoms with Crippen LogP contribution >= 0.6 is 0 Å². The largest absolute Gasteiger partial charge is 0.445 e. The number of nitrogens with zero attached hydrogens (tertiary/aromatic N) is 2. The average Bonchev–Trinajstić information content (AvgIpc) is 3.15. The standard InChI is InChI=1S/C13H15NO2.C9H16N2O4/c1-11-6-5-9-14(11)13(15)16-10-12-7-3-2-4-8-12;1-5-6-14-7(12)11(10)8(13)15-9(2,3)4/h2-8,11H,9-10H2,1H3;5H,1,6,10H2,2-4H3. The van der Waals surface area contributed by atoms with Gasteiger partial charge in [0.1, 0.15) is 18.8 Å². The zero-order valence-electron chi connectivity index (χ0n) is 18.4. The second-order valence-electron chi connectivity index (χ2n) is 7.58. The van der Waals surface area contributed by atoms with Crippen LogP contribution in [-0.2, 0) is 20.8 Å². The van der Waals surface area contributed by atoms with Gasteiger partial charge in [-0.2, -0.15) is 0 Å². The van der Waals surface area contributed by atoms with E-state index in [0.717, 1.165) is 5.56 Å². The lowest BCUT2D eigenvalue weighted by Gasteiger charge is -2.22. The fourth-order valence-corrected chi connectivity index (χ4v) is 2.27. The number of carbonyl (C=O) groups is 3. The SMILES string of the molecule is C=CCOC(=O)N(N)C(=O)OC(C)(C)C.CC1C=CCN1C(=O)OCc1ccccc1. The van der Waals surface area contributed by atoms with Gasteiger partial charge in [0.2, 0.25) is 0 Å². The Bertz CT molecular complexity index is 773.